The molecule has 0 amide bonds. The molecule has 0 aromatic rings. The van der Waals surface area contributed by atoms with Crippen LogP contribution < -0.4 is 0 Å². The van der Waals surface area contributed by atoms with Gasteiger partial charge in [0.1, 0.15) is 12.2 Å². The van der Waals surface area contributed by atoms with Crippen molar-refractivity contribution in [1.82, 2.24) is 0 Å². The van der Waals surface area contributed by atoms with Crippen LogP contribution in [0, 0.1) is 10.8 Å². The second-order valence-electron chi connectivity index (χ2n) is 3.95. The molecule has 12 heavy (non-hydrogen) atoms. The van der Waals surface area contributed by atoms with Gasteiger partial charge in [0.15, 0.2) is 0 Å². The molecular weight excluding hydrogens is 152 g/mol. The monoisotopic (exact) mass is 160 g/mol. The van der Waals surface area contributed by atoms with Gasteiger partial charge in [0.05, 0.1) is 10.8 Å². The van der Waals surface area contributed by atoms with Crippen molar-refractivity contribution in [3.63, 3.8) is 0 Å². The SMILES string of the molecule is C1=CC2OOC1C13C=CC21C=C3. The number of hydrogen-bond donors (Lipinski definition) is 0. The standard InChI is InChI=1S/C10H8O2/c1-2-8-10-5-3-9(10,4-6-10)7(1)11-12-8/h1-8H. The van der Waals surface area contributed by atoms with Crippen LogP contribution in [0.2, 0.25) is 0 Å². The Bertz CT molecular complexity index is 302. The Labute approximate surface area is 70.1 Å². The van der Waals surface area contributed by atoms with Crippen molar-refractivity contribution in [3.05, 3.63) is 36.5 Å². The molecule has 0 radical (unpaired) electrons. The molecule has 0 aromatic carbocycles. The third kappa shape index (κ3) is 0.311. The molecular formula is C10H8O2. The highest BCUT2D eigenvalue weighted by molar-refractivity contribution is 5.54. The van der Waals surface area contributed by atoms with Gasteiger partial charge >= 0.3 is 0 Å². The fraction of sp³-hybridized carbons (Fsp3) is 0.400. The van der Waals surface area contributed by atoms with Crippen LogP contribution in [0.3, 0.4) is 0 Å². The maximum absolute atomic E-state index is 5.24. The minimum Gasteiger partial charge on any atom is -0.227 e. The van der Waals surface area contributed by atoms with E-state index in [1.54, 1.807) is 0 Å². The lowest BCUT2D eigenvalue weighted by molar-refractivity contribution is -0.410. The maximum Gasteiger partial charge on any atom is 0.125 e. The van der Waals surface area contributed by atoms with E-state index < -0.39 is 0 Å². The van der Waals surface area contributed by atoms with Crippen molar-refractivity contribution in [1.29, 1.82) is 0 Å². The fourth-order valence-electron chi connectivity index (χ4n) is 2.78. The molecule has 2 bridgehead atoms. The van der Waals surface area contributed by atoms with Crippen LogP contribution >= 0.6 is 0 Å². The van der Waals surface area contributed by atoms with E-state index in [1.807, 2.05) is 0 Å². The number of rotatable bonds is 0. The summed E-state index contributed by atoms with van der Waals surface area (Å²) in [6.07, 6.45) is 13.4. The molecule has 1 saturated heterocycles. The van der Waals surface area contributed by atoms with E-state index in [1.165, 1.54) is 0 Å². The predicted octanol–water partition coefficient (Wildman–Crippen LogP) is 1.37. The van der Waals surface area contributed by atoms with Crippen molar-refractivity contribution in [2.24, 2.45) is 10.8 Å². The Balaban J connectivity index is 2.03. The molecule has 1 fully saturated rings. The minimum absolute atomic E-state index is 0.109. The second kappa shape index (κ2) is 1.34. The van der Waals surface area contributed by atoms with E-state index in [0.717, 1.165) is 0 Å². The molecule has 2 unspecified atom stereocenters. The van der Waals surface area contributed by atoms with Gasteiger partial charge in [-0.1, -0.05) is 36.5 Å². The van der Waals surface area contributed by atoms with Crippen LogP contribution in [0.25, 0.3) is 0 Å². The molecule has 5 aliphatic rings. The molecule has 60 valence electrons. The summed E-state index contributed by atoms with van der Waals surface area (Å²) in [5, 5.41) is 0. The highest BCUT2D eigenvalue weighted by atomic mass is 17.2. The van der Waals surface area contributed by atoms with E-state index in [2.05, 4.69) is 36.5 Å². The van der Waals surface area contributed by atoms with E-state index in [4.69, 9.17) is 9.78 Å². The van der Waals surface area contributed by atoms with Crippen molar-refractivity contribution >= 4 is 0 Å². The van der Waals surface area contributed by atoms with Gasteiger partial charge in [0, 0.05) is 0 Å². The molecule has 2 nitrogen and oxygen atoms in total. The highest BCUT2D eigenvalue weighted by Gasteiger charge is 2.69. The van der Waals surface area contributed by atoms with Crippen LogP contribution in [0.5, 0.6) is 0 Å². The smallest absolute Gasteiger partial charge is 0.125 e. The average Bonchev–Trinajstić information content (AvgIpc) is 2.05. The zero-order valence-corrected chi connectivity index (χ0v) is 6.44. The molecule has 2 heteroatoms. The van der Waals surface area contributed by atoms with Crippen molar-refractivity contribution in [2.75, 3.05) is 0 Å². The van der Waals surface area contributed by atoms with Crippen LogP contribution in [-0.2, 0) is 9.78 Å². The quantitative estimate of drug-likeness (QED) is 0.393. The zero-order valence-electron chi connectivity index (χ0n) is 6.44. The first-order chi connectivity index (χ1) is 5.87. The number of hydrogen-bond acceptors (Lipinski definition) is 2. The Morgan fingerprint density at radius 2 is 1.17 bits per heavy atom. The van der Waals surface area contributed by atoms with Gasteiger partial charge in [-0.15, -0.1) is 0 Å². The number of fused-ring (bicyclic) bond motifs is 1. The minimum atomic E-state index is 0.109. The van der Waals surface area contributed by atoms with Crippen LogP contribution in [0.4, 0.5) is 0 Å². The summed E-state index contributed by atoms with van der Waals surface area (Å²) < 4.78 is 0. The van der Waals surface area contributed by atoms with Gasteiger partial charge in [0.25, 0.3) is 0 Å². The summed E-state index contributed by atoms with van der Waals surface area (Å²) in [6, 6.07) is 0. The molecule has 0 aromatic heterocycles. The first-order valence-corrected chi connectivity index (χ1v) is 4.29. The van der Waals surface area contributed by atoms with Gasteiger partial charge in [0.2, 0.25) is 0 Å². The Hall–Kier alpha value is -0.860. The topological polar surface area (TPSA) is 18.5 Å². The summed E-state index contributed by atoms with van der Waals surface area (Å²) in [7, 11) is 0. The average molecular weight is 160 g/mol. The Kier molecular flexibility index (Phi) is 0.640. The molecule has 0 saturated carbocycles. The second-order valence-corrected chi connectivity index (χ2v) is 3.95. The van der Waals surface area contributed by atoms with Gasteiger partial charge in [-0.25, -0.2) is 9.78 Å². The summed E-state index contributed by atoms with van der Waals surface area (Å²) in [6.45, 7) is 0. The van der Waals surface area contributed by atoms with Crippen LogP contribution in [0.15, 0.2) is 36.5 Å². The molecule has 2 heterocycles. The lowest BCUT2D eigenvalue weighted by atomic mass is 9.42. The summed E-state index contributed by atoms with van der Waals surface area (Å²) >= 11 is 0. The largest absolute Gasteiger partial charge is 0.227 e. The molecule has 0 N–H and O–H groups in total. The van der Waals surface area contributed by atoms with Gasteiger partial charge < -0.3 is 0 Å². The van der Waals surface area contributed by atoms with Crippen molar-refractivity contribution in [2.45, 2.75) is 12.2 Å². The fourth-order valence-corrected chi connectivity index (χ4v) is 2.78. The Morgan fingerprint density at radius 1 is 0.750 bits per heavy atom. The molecule has 2 atom stereocenters. The molecule has 5 rings (SSSR count). The van der Waals surface area contributed by atoms with E-state index in [0.29, 0.717) is 0 Å². The summed E-state index contributed by atoms with van der Waals surface area (Å²) in [4.78, 5) is 10.5. The van der Waals surface area contributed by atoms with Crippen LogP contribution in [0.1, 0.15) is 0 Å². The highest BCUT2D eigenvalue weighted by Crippen LogP contribution is 2.68. The van der Waals surface area contributed by atoms with Crippen molar-refractivity contribution in [3.8, 4) is 0 Å². The van der Waals surface area contributed by atoms with Crippen molar-refractivity contribution < 1.29 is 9.78 Å². The molecule has 0 spiro atoms. The van der Waals surface area contributed by atoms with Gasteiger partial charge in [-0.2, -0.15) is 0 Å². The predicted molar refractivity (Wildman–Crippen MR) is 42.0 cm³/mol. The lowest BCUT2D eigenvalue weighted by Crippen LogP contribution is -2.67. The maximum atomic E-state index is 5.24. The van der Waals surface area contributed by atoms with Crippen LogP contribution in [-0.4, -0.2) is 12.2 Å². The zero-order chi connectivity index (χ0) is 7.81. The summed E-state index contributed by atoms with van der Waals surface area (Å²) in [5.74, 6) is 0. The first kappa shape index (κ1) is 5.73. The van der Waals surface area contributed by atoms with E-state index in [9.17, 15) is 0 Å². The Morgan fingerprint density at radius 3 is 1.33 bits per heavy atom. The van der Waals surface area contributed by atoms with E-state index >= 15 is 0 Å². The third-order valence-corrected chi connectivity index (χ3v) is 3.68. The first-order valence-electron chi connectivity index (χ1n) is 4.29. The molecule has 3 aliphatic carbocycles. The molecule has 2 aliphatic heterocycles. The van der Waals surface area contributed by atoms with E-state index in [-0.39, 0.29) is 23.0 Å². The third-order valence-electron chi connectivity index (χ3n) is 3.68. The summed E-state index contributed by atoms with van der Waals surface area (Å²) in [5.41, 5.74) is 0.315. The lowest BCUT2D eigenvalue weighted by Gasteiger charge is -2.65. The normalized spacial score (nSPS) is 62.0. The van der Waals surface area contributed by atoms with Gasteiger partial charge in [-0.05, 0) is 0 Å². The van der Waals surface area contributed by atoms with Gasteiger partial charge in [-0.3, -0.25) is 0 Å².